The van der Waals surface area contributed by atoms with Crippen LogP contribution >= 0.6 is 0 Å². The molecule has 0 aromatic heterocycles. The van der Waals surface area contributed by atoms with Crippen LogP contribution in [0.15, 0.2) is 4.99 Å². The van der Waals surface area contributed by atoms with Crippen molar-refractivity contribution in [2.45, 2.75) is 76.5 Å². The fourth-order valence-electron chi connectivity index (χ4n) is 3.06. The Balaban J connectivity index is 5.46. The summed E-state index contributed by atoms with van der Waals surface area (Å²) >= 11 is 0. The van der Waals surface area contributed by atoms with Crippen molar-refractivity contribution in [1.29, 1.82) is 0 Å². The lowest BCUT2D eigenvalue weighted by molar-refractivity contribution is -0.143. The van der Waals surface area contributed by atoms with E-state index in [1.165, 1.54) is 0 Å². The SMILES string of the molecule is CC(C)C(NC(=O)C(N)CCC(N)=O)C(=O)NC(CCC(=O)O)C(=O)NC(CCCN=C(N)N)C(=O)O. The molecule has 0 saturated carbocycles. The van der Waals surface area contributed by atoms with E-state index in [-0.39, 0.29) is 44.6 Å². The lowest BCUT2D eigenvalue weighted by atomic mass is 10.0. The summed E-state index contributed by atoms with van der Waals surface area (Å²) in [6, 6.07) is -5.05. The minimum Gasteiger partial charge on any atom is -0.481 e. The molecule has 0 bridgehead atoms. The first-order valence-electron chi connectivity index (χ1n) is 11.6. The number of hydrogen-bond acceptors (Lipinski definition) is 8. The molecule has 4 atom stereocenters. The van der Waals surface area contributed by atoms with Gasteiger partial charge in [0.15, 0.2) is 5.96 Å². The first kappa shape index (κ1) is 33.0. The van der Waals surface area contributed by atoms with E-state index in [1.807, 2.05) is 0 Å². The molecular formula is C21H38N8O8. The second kappa shape index (κ2) is 16.7. The maximum Gasteiger partial charge on any atom is 0.326 e. The highest BCUT2D eigenvalue weighted by Crippen LogP contribution is 2.08. The molecule has 4 unspecified atom stereocenters. The van der Waals surface area contributed by atoms with Gasteiger partial charge in [0.1, 0.15) is 18.1 Å². The summed E-state index contributed by atoms with van der Waals surface area (Å²) in [7, 11) is 0. The van der Waals surface area contributed by atoms with Crippen molar-refractivity contribution in [2.24, 2.45) is 33.8 Å². The predicted molar refractivity (Wildman–Crippen MR) is 131 cm³/mol. The van der Waals surface area contributed by atoms with Crippen molar-refractivity contribution >= 4 is 41.5 Å². The number of carboxylic acids is 2. The Morgan fingerprint density at radius 1 is 0.784 bits per heavy atom. The number of carboxylic acid groups (broad SMARTS) is 2. The molecule has 13 N–H and O–H groups in total. The van der Waals surface area contributed by atoms with E-state index in [2.05, 4.69) is 20.9 Å². The summed E-state index contributed by atoms with van der Waals surface area (Å²) in [5.41, 5.74) is 21.2. The topological polar surface area (TPSA) is 295 Å². The summed E-state index contributed by atoms with van der Waals surface area (Å²) in [5, 5.41) is 25.6. The van der Waals surface area contributed by atoms with Gasteiger partial charge in [-0.15, -0.1) is 0 Å². The quantitative estimate of drug-likeness (QED) is 0.0480. The van der Waals surface area contributed by atoms with Crippen molar-refractivity contribution in [1.82, 2.24) is 16.0 Å². The van der Waals surface area contributed by atoms with Gasteiger partial charge in [0.25, 0.3) is 0 Å². The molecule has 0 aromatic rings. The van der Waals surface area contributed by atoms with E-state index in [0.717, 1.165) is 0 Å². The molecular weight excluding hydrogens is 492 g/mol. The third kappa shape index (κ3) is 14.3. The number of carbonyl (C=O) groups excluding carboxylic acids is 4. The Morgan fingerprint density at radius 3 is 1.86 bits per heavy atom. The van der Waals surface area contributed by atoms with Gasteiger partial charge in [0.2, 0.25) is 23.6 Å². The number of nitrogens with zero attached hydrogens (tertiary/aromatic N) is 1. The van der Waals surface area contributed by atoms with Crippen molar-refractivity contribution < 1.29 is 39.0 Å². The number of nitrogens with two attached hydrogens (primary N) is 4. The maximum absolute atomic E-state index is 12.9. The van der Waals surface area contributed by atoms with Crippen LogP contribution in [0.2, 0.25) is 0 Å². The van der Waals surface area contributed by atoms with Crippen LogP contribution in [0.1, 0.15) is 52.4 Å². The van der Waals surface area contributed by atoms with Crippen LogP contribution in [-0.4, -0.2) is 82.5 Å². The Kier molecular flexibility index (Phi) is 14.9. The van der Waals surface area contributed by atoms with Gasteiger partial charge in [-0.1, -0.05) is 13.8 Å². The molecule has 0 aliphatic heterocycles. The van der Waals surface area contributed by atoms with Crippen LogP contribution in [-0.2, 0) is 28.8 Å². The number of guanidine groups is 1. The first-order valence-corrected chi connectivity index (χ1v) is 11.6. The van der Waals surface area contributed by atoms with E-state index in [9.17, 15) is 33.9 Å². The highest BCUT2D eigenvalue weighted by atomic mass is 16.4. The molecule has 0 heterocycles. The lowest BCUT2D eigenvalue weighted by Crippen LogP contribution is -2.58. The number of primary amides is 1. The van der Waals surface area contributed by atoms with Gasteiger partial charge in [-0.05, 0) is 31.6 Å². The number of aliphatic imine (C=N–C) groups is 1. The Labute approximate surface area is 214 Å². The molecule has 4 amide bonds. The van der Waals surface area contributed by atoms with E-state index in [4.69, 9.17) is 28.0 Å². The number of nitrogens with one attached hydrogen (secondary N) is 3. The standard InChI is InChI=1S/C21H38N8O8/c1-10(2)16(29-17(33)11(22)5-7-14(23)30)19(35)27-12(6-8-15(31)32)18(34)28-13(20(36)37)4-3-9-26-21(24)25/h10-13,16H,3-9,22H2,1-2H3,(H2,23,30)(H,27,35)(H,28,34)(H,29,33)(H,31,32)(H,36,37)(H4,24,25,26). The summed E-state index contributed by atoms with van der Waals surface area (Å²) < 4.78 is 0. The van der Waals surface area contributed by atoms with Gasteiger partial charge in [-0.25, -0.2) is 4.79 Å². The Bertz CT molecular complexity index is 859. The fourth-order valence-corrected chi connectivity index (χ4v) is 3.06. The highest BCUT2D eigenvalue weighted by molar-refractivity contribution is 5.94. The van der Waals surface area contributed by atoms with E-state index >= 15 is 0 Å². The van der Waals surface area contributed by atoms with E-state index in [1.54, 1.807) is 13.8 Å². The number of carbonyl (C=O) groups is 6. The molecule has 0 fully saturated rings. The van der Waals surface area contributed by atoms with E-state index in [0.29, 0.717) is 0 Å². The summed E-state index contributed by atoms with van der Waals surface area (Å²) in [4.78, 5) is 75.4. The molecule has 16 heteroatoms. The minimum absolute atomic E-state index is 0.0364. The Morgan fingerprint density at radius 2 is 1.38 bits per heavy atom. The van der Waals surface area contributed by atoms with Gasteiger partial charge in [0, 0.05) is 19.4 Å². The van der Waals surface area contributed by atoms with Crippen molar-refractivity contribution in [3.05, 3.63) is 0 Å². The van der Waals surface area contributed by atoms with Crippen LogP contribution in [0.5, 0.6) is 0 Å². The normalized spacial score (nSPS) is 13.9. The zero-order chi connectivity index (χ0) is 28.7. The van der Waals surface area contributed by atoms with Crippen LogP contribution < -0.4 is 38.9 Å². The number of aliphatic carboxylic acids is 2. The molecule has 0 spiro atoms. The minimum atomic E-state index is -1.41. The van der Waals surface area contributed by atoms with Crippen molar-refractivity contribution in [3.8, 4) is 0 Å². The van der Waals surface area contributed by atoms with Crippen LogP contribution in [0, 0.1) is 5.92 Å². The van der Waals surface area contributed by atoms with Crippen molar-refractivity contribution in [2.75, 3.05) is 6.54 Å². The molecule has 210 valence electrons. The third-order valence-electron chi connectivity index (χ3n) is 5.13. The van der Waals surface area contributed by atoms with Gasteiger partial charge < -0.3 is 49.1 Å². The average Bonchev–Trinajstić information content (AvgIpc) is 2.79. The molecule has 37 heavy (non-hydrogen) atoms. The lowest BCUT2D eigenvalue weighted by Gasteiger charge is -2.27. The van der Waals surface area contributed by atoms with Gasteiger partial charge in [-0.2, -0.15) is 0 Å². The molecule has 0 aromatic carbocycles. The summed E-state index contributed by atoms with van der Waals surface area (Å²) in [6.07, 6.45) is -0.843. The molecule has 0 aliphatic carbocycles. The van der Waals surface area contributed by atoms with Gasteiger partial charge >= 0.3 is 11.9 Å². The molecule has 0 saturated heterocycles. The number of rotatable bonds is 18. The summed E-state index contributed by atoms with van der Waals surface area (Å²) in [6.45, 7) is 3.35. The highest BCUT2D eigenvalue weighted by Gasteiger charge is 2.32. The number of hydrogen-bond donors (Lipinski definition) is 9. The zero-order valence-electron chi connectivity index (χ0n) is 20.9. The molecule has 0 rings (SSSR count). The number of amides is 4. The second-order valence-corrected chi connectivity index (χ2v) is 8.68. The summed E-state index contributed by atoms with van der Waals surface area (Å²) in [5.74, 6) is -6.35. The molecule has 0 aliphatic rings. The predicted octanol–water partition coefficient (Wildman–Crippen LogP) is -3.31. The first-order chi connectivity index (χ1) is 17.1. The smallest absolute Gasteiger partial charge is 0.326 e. The van der Waals surface area contributed by atoms with Crippen molar-refractivity contribution in [3.63, 3.8) is 0 Å². The Hall–Kier alpha value is -3.95. The monoisotopic (exact) mass is 530 g/mol. The maximum atomic E-state index is 12.9. The fraction of sp³-hybridized carbons (Fsp3) is 0.667. The van der Waals surface area contributed by atoms with Crippen LogP contribution in [0.25, 0.3) is 0 Å². The third-order valence-corrected chi connectivity index (χ3v) is 5.13. The van der Waals surface area contributed by atoms with Crippen LogP contribution in [0.3, 0.4) is 0 Å². The average molecular weight is 531 g/mol. The zero-order valence-corrected chi connectivity index (χ0v) is 20.9. The molecule has 0 radical (unpaired) electrons. The van der Waals surface area contributed by atoms with Gasteiger partial charge in [0.05, 0.1) is 6.04 Å². The van der Waals surface area contributed by atoms with Crippen LogP contribution in [0.4, 0.5) is 0 Å². The largest absolute Gasteiger partial charge is 0.481 e. The van der Waals surface area contributed by atoms with E-state index < -0.39 is 72.1 Å². The van der Waals surface area contributed by atoms with Gasteiger partial charge in [-0.3, -0.25) is 29.0 Å². The second-order valence-electron chi connectivity index (χ2n) is 8.68. The molecule has 16 nitrogen and oxygen atoms in total.